The van der Waals surface area contributed by atoms with E-state index in [1.165, 1.54) is 22.2 Å². The van der Waals surface area contributed by atoms with Gasteiger partial charge in [-0.3, -0.25) is 4.79 Å². The average Bonchev–Trinajstić information content (AvgIpc) is 2.78. The van der Waals surface area contributed by atoms with Crippen molar-refractivity contribution in [2.45, 2.75) is 54.0 Å². The highest BCUT2D eigenvalue weighted by molar-refractivity contribution is 5.89. The van der Waals surface area contributed by atoms with Crippen LogP contribution >= 0.6 is 0 Å². The summed E-state index contributed by atoms with van der Waals surface area (Å²) in [5.74, 6) is 0.314. The van der Waals surface area contributed by atoms with Crippen LogP contribution in [0.15, 0.2) is 24.3 Å². The topological polar surface area (TPSA) is 22.0 Å². The zero-order chi connectivity index (χ0) is 14.9. The van der Waals surface area contributed by atoms with Crippen molar-refractivity contribution in [1.82, 2.24) is 4.57 Å². The number of hydrogen-bond acceptors (Lipinski definition) is 1. The zero-order valence-electron chi connectivity index (χ0n) is 13.3. The van der Waals surface area contributed by atoms with Gasteiger partial charge in [-0.15, -0.1) is 0 Å². The van der Waals surface area contributed by atoms with Crippen LogP contribution in [0.4, 0.5) is 0 Å². The Morgan fingerprint density at radius 3 is 2.55 bits per heavy atom. The first-order valence-electron chi connectivity index (χ1n) is 7.51. The highest BCUT2D eigenvalue weighted by Gasteiger charge is 2.26. The molecule has 20 heavy (non-hydrogen) atoms. The van der Waals surface area contributed by atoms with Gasteiger partial charge in [-0.2, -0.15) is 0 Å². The van der Waals surface area contributed by atoms with E-state index in [0.717, 1.165) is 12.8 Å². The van der Waals surface area contributed by atoms with Crippen LogP contribution in [-0.2, 0) is 17.8 Å². The summed E-state index contributed by atoms with van der Waals surface area (Å²) < 4.78 is 2.20. The molecule has 0 spiro atoms. The van der Waals surface area contributed by atoms with E-state index < -0.39 is 0 Å². The summed E-state index contributed by atoms with van der Waals surface area (Å²) in [6.07, 6.45) is 1.83. The van der Waals surface area contributed by atoms with Crippen LogP contribution in [-0.4, -0.2) is 10.4 Å². The van der Waals surface area contributed by atoms with E-state index in [1.54, 1.807) is 0 Å². The Bertz CT molecular complexity index is 634. The van der Waals surface area contributed by atoms with Gasteiger partial charge in [0.25, 0.3) is 0 Å². The molecule has 0 saturated heterocycles. The van der Waals surface area contributed by atoms with E-state index in [1.807, 2.05) is 13.8 Å². The molecule has 2 rings (SSSR count). The van der Waals surface area contributed by atoms with Gasteiger partial charge in [-0.25, -0.2) is 0 Å². The van der Waals surface area contributed by atoms with Crippen molar-refractivity contribution in [3.05, 3.63) is 35.5 Å². The Labute approximate surface area is 121 Å². The maximum Gasteiger partial charge on any atom is 0.158 e. The lowest BCUT2D eigenvalue weighted by Gasteiger charge is -2.22. The summed E-state index contributed by atoms with van der Waals surface area (Å²) in [5, 5.41) is 1.27. The lowest BCUT2D eigenvalue weighted by atomic mass is 9.85. The monoisotopic (exact) mass is 271 g/mol. The number of aromatic nitrogens is 1. The first-order chi connectivity index (χ1) is 9.40. The van der Waals surface area contributed by atoms with Crippen molar-refractivity contribution in [3.8, 4) is 0 Å². The van der Waals surface area contributed by atoms with Crippen molar-refractivity contribution >= 4 is 16.7 Å². The molecule has 1 aromatic carbocycles. The standard InChI is InChI=1S/C18H25NO/c1-6-14-11-15-13(3)9-8-10-16(15)19(14)12-17(20)18(4,5)7-2/h8-11H,6-7,12H2,1-5H3. The number of fused-ring (bicyclic) bond motifs is 1. The highest BCUT2D eigenvalue weighted by atomic mass is 16.1. The van der Waals surface area contributed by atoms with E-state index >= 15 is 0 Å². The maximum absolute atomic E-state index is 12.5. The molecule has 0 N–H and O–H groups in total. The molecule has 0 bridgehead atoms. The number of carbonyl (C=O) groups excluding carboxylic acids is 1. The SMILES string of the molecule is CCc1cc2c(C)cccc2n1CC(=O)C(C)(C)CC. The van der Waals surface area contributed by atoms with Crippen LogP contribution in [0, 0.1) is 12.3 Å². The van der Waals surface area contributed by atoms with Crippen molar-refractivity contribution in [1.29, 1.82) is 0 Å². The Hall–Kier alpha value is -1.57. The molecule has 2 nitrogen and oxygen atoms in total. The van der Waals surface area contributed by atoms with Crippen LogP contribution in [0.3, 0.4) is 0 Å². The number of aryl methyl sites for hydroxylation is 2. The van der Waals surface area contributed by atoms with Gasteiger partial charge in [0.15, 0.2) is 5.78 Å². The fraction of sp³-hybridized carbons (Fsp3) is 0.500. The minimum absolute atomic E-state index is 0.245. The fourth-order valence-corrected chi connectivity index (χ4v) is 2.52. The predicted octanol–water partition coefficient (Wildman–Crippen LogP) is 4.52. The summed E-state index contributed by atoms with van der Waals surface area (Å²) in [7, 11) is 0. The maximum atomic E-state index is 12.5. The third kappa shape index (κ3) is 2.52. The summed E-state index contributed by atoms with van der Waals surface area (Å²) in [5.41, 5.74) is 3.46. The quantitative estimate of drug-likeness (QED) is 0.783. The number of rotatable bonds is 5. The molecule has 0 atom stereocenters. The van der Waals surface area contributed by atoms with E-state index in [0.29, 0.717) is 12.3 Å². The van der Waals surface area contributed by atoms with Crippen molar-refractivity contribution in [2.75, 3.05) is 0 Å². The van der Waals surface area contributed by atoms with E-state index in [-0.39, 0.29) is 5.41 Å². The normalized spacial score (nSPS) is 12.1. The smallest absolute Gasteiger partial charge is 0.158 e. The largest absolute Gasteiger partial charge is 0.337 e. The van der Waals surface area contributed by atoms with Crippen LogP contribution in [0.1, 0.15) is 45.4 Å². The minimum atomic E-state index is -0.245. The van der Waals surface area contributed by atoms with Crippen molar-refractivity contribution < 1.29 is 4.79 Å². The van der Waals surface area contributed by atoms with Crippen LogP contribution in [0.25, 0.3) is 10.9 Å². The van der Waals surface area contributed by atoms with E-state index in [2.05, 4.69) is 49.6 Å². The fourth-order valence-electron chi connectivity index (χ4n) is 2.52. The number of Topliss-reactive ketones (excluding diaryl/α,β-unsaturated/α-hetero) is 1. The van der Waals surface area contributed by atoms with Gasteiger partial charge < -0.3 is 4.57 Å². The second kappa shape index (κ2) is 5.43. The minimum Gasteiger partial charge on any atom is -0.337 e. The van der Waals surface area contributed by atoms with Gasteiger partial charge in [-0.05, 0) is 37.5 Å². The van der Waals surface area contributed by atoms with E-state index in [9.17, 15) is 4.79 Å². The van der Waals surface area contributed by atoms with E-state index in [4.69, 9.17) is 0 Å². The van der Waals surface area contributed by atoms with Gasteiger partial charge in [0.1, 0.15) is 0 Å². The lowest BCUT2D eigenvalue weighted by molar-refractivity contribution is -0.127. The van der Waals surface area contributed by atoms with Crippen LogP contribution in [0.2, 0.25) is 0 Å². The molecule has 0 radical (unpaired) electrons. The molecule has 0 saturated carbocycles. The number of nitrogens with zero attached hydrogens (tertiary/aromatic N) is 1. The summed E-state index contributed by atoms with van der Waals surface area (Å²) in [6, 6.07) is 8.55. The molecule has 2 heteroatoms. The second-order valence-corrected chi connectivity index (χ2v) is 6.24. The first-order valence-corrected chi connectivity index (χ1v) is 7.51. The average molecular weight is 271 g/mol. The molecular weight excluding hydrogens is 246 g/mol. The molecule has 1 heterocycles. The molecule has 0 aliphatic carbocycles. The summed E-state index contributed by atoms with van der Waals surface area (Å²) >= 11 is 0. The third-order valence-electron chi connectivity index (χ3n) is 4.55. The first kappa shape index (κ1) is 14.8. The zero-order valence-corrected chi connectivity index (χ0v) is 13.3. The Morgan fingerprint density at radius 1 is 1.25 bits per heavy atom. The van der Waals surface area contributed by atoms with Crippen molar-refractivity contribution in [3.63, 3.8) is 0 Å². The summed E-state index contributed by atoms with van der Waals surface area (Å²) in [6.45, 7) is 10.9. The Kier molecular flexibility index (Phi) is 4.03. The van der Waals surface area contributed by atoms with Gasteiger partial charge in [0.05, 0.1) is 6.54 Å². The number of hydrogen-bond donors (Lipinski definition) is 0. The highest BCUT2D eigenvalue weighted by Crippen LogP contribution is 2.27. The lowest BCUT2D eigenvalue weighted by Crippen LogP contribution is -2.27. The van der Waals surface area contributed by atoms with Crippen molar-refractivity contribution in [2.24, 2.45) is 5.41 Å². The molecule has 0 fully saturated rings. The van der Waals surface area contributed by atoms with Crippen LogP contribution < -0.4 is 0 Å². The number of carbonyl (C=O) groups is 1. The number of benzene rings is 1. The molecule has 0 aliphatic rings. The van der Waals surface area contributed by atoms with Gasteiger partial charge in [-0.1, -0.05) is 39.8 Å². The predicted molar refractivity (Wildman–Crippen MR) is 85.1 cm³/mol. The van der Waals surface area contributed by atoms with Gasteiger partial charge in [0.2, 0.25) is 0 Å². The Balaban J connectivity index is 2.48. The van der Waals surface area contributed by atoms with Gasteiger partial charge in [0, 0.05) is 22.0 Å². The molecule has 0 amide bonds. The molecule has 0 unspecified atom stereocenters. The molecule has 108 valence electrons. The van der Waals surface area contributed by atoms with Crippen LogP contribution in [0.5, 0.6) is 0 Å². The molecule has 2 aromatic rings. The molecule has 0 aliphatic heterocycles. The Morgan fingerprint density at radius 2 is 1.95 bits per heavy atom. The number of ketones is 1. The molecule has 1 aromatic heterocycles. The summed E-state index contributed by atoms with van der Waals surface area (Å²) in [4.78, 5) is 12.5. The third-order valence-corrected chi connectivity index (χ3v) is 4.55. The second-order valence-electron chi connectivity index (χ2n) is 6.24. The van der Waals surface area contributed by atoms with Gasteiger partial charge >= 0.3 is 0 Å². The molecular formula is C18H25NO.